The fraction of sp³-hybridized carbons (Fsp3) is 0. The van der Waals surface area contributed by atoms with Gasteiger partial charge in [-0.25, -0.2) is 4.79 Å². The lowest BCUT2D eigenvalue weighted by Gasteiger charge is -2.05. The van der Waals surface area contributed by atoms with Gasteiger partial charge < -0.3 is 10.4 Å². The van der Waals surface area contributed by atoms with E-state index in [-0.39, 0.29) is 11.5 Å². The Balaban J connectivity index is 1.93. The van der Waals surface area contributed by atoms with Gasteiger partial charge in [-0.1, -0.05) is 22.0 Å². The van der Waals surface area contributed by atoms with Crippen molar-refractivity contribution < 1.29 is 14.7 Å². The van der Waals surface area contributed by atoms with Crippen LogP contribution in [-0.4, -0.2) is 17.0 Å². The van der Waals surface area contributed by atoms with Crippen molar-refractivity contribution in [1.82, 2.24) is 0 Å². The van der Waals surface area contributed by atoms with Gasteiger partial charge in [0.15, 0.2) is 0 Å². The molecule has 1 aromatic carbocycles. The lowest BCUT2D eigenvalue weighted by molar-refractivity contribution is 0.0699. The number of rotatable bonds is 4. The second-order valence-electron chi connectivity index (χ2n) is 4.60. The Kier molecular flexibility index (Phi) is 4.61. The molecular formula is C16H10BrNO3S2. The molecule has 2 heterocycles. The Morgan fingerprint density at radius 1 is 1.09 bits per heavy atom. The van der Waals surface area contributed by atoms with E-state index in [1.165, 1.54) is 22.7 Å². The summed E-state index contributed by atoms with van der Waals surface area (Å²) in [6.45, 7) is 0. The van der Waals surface area contributed by atoms with E-state index in [1.807, 2.05) is 17.5 Å². The van der Waals surface area contributed by atoms with Crippen LogP contribution in [0.4, 0.5) is 5.00 Å². The predicted molar refractivity (Wildman–Crippen MR) is 96.7 cm³/mol. The number of carbonyl (C=O) groups excluding carboxylic acids is 1. The van der Waals surface area contributed by atoms with E-state index >= 15 is 0 Å². The number of carbonyl (C=O) groups is 2. The predicted octanol–water partition coefficient (Wildman–Crippen LogP) is 5.19. The average Bonchev–Trinajstić information content (AvgIpc) is 3.16. The lowest BCUT2D eigenvalue weighted by Crippen LogP contribution is -2.13. The number of benzene rings is 1. The lowest BCUT2D eigenvalue weighted by atomic mass is 10.1. The van der Waals surface area contributed by atoms with E-state index in [1.54, 1.807) is 29.6 Å². The molecule has 2 N–H and O–H groups in total. The summed E-state index contributed by atoms with van der Waals surface area (Å²) in [7, 11) is 0. The zero-order chi connectivity index (χ0) is 16.4. The van der Waals surface area contributed by atoms with Crippen molar-refractivity contribution in [1.29, 1.82) is 0 Å². The van der Waals surface area contributed by atoms with Crippen LogP contribution in [0.5, 0.6) is 0 Å². The molecule has 0 atom stereocenters. The van der Waals surface area contributed by atoms with Crippen molar-refractivity contribution in [2.45, 2.75) is 0 Å². The first-order valence-electron chi connectivity index (χ1n) is 6.52. The summed E-state index contributed by atoms with van der Waals surface area (Å²) in [6, 6.07) is 10.6. The largest absolute Gasteiger partial charge is 0.478 e. The first kappa shape index (κ1) is 15.9. The molecular weight excluding hydrogens is 398 g/mol. The highest BCUT2D eigenvalue weighted by Crippen LogP contribution is 2.37. The van der Waals surface area contributed by atoms with Crippen LogP contribution in [0, 0.1) is 0 Å². The minimum Gasteiger partial charge on any atom is -0.478 e. The summed E-state index contributed by atoms with van der Waals surface area (Å²) in [5.74, 6) is -1.39. The normalized spacial score (nSPS) is 10.5. The molecule has 2 aromatic heterocycles. The second-order valence-corrected chi connectivity index (χ2v) is 7.34. The Morgan fingerprint density at radius 2 is 1.83 bits per heavy atom. The zero-order valence-electron chi connectivity index (χ0n) is 11.6. The standard InChI is InChI=1S/C16H10BrNO3S2/c17-10-5-3-9(4-6-10)14(19)18-15-13(16(20)21)11(8-23-15)12-2-1-7-22-12/h1-8H,(H,18,19)(H,20,21). The Labute approximate surface area is 148 Å². The van der Waals surface area contributed by atoms with E-state index < -0.39 is 5.97 Å². The SMILES string of the molecule is O=C(Nc1scc(-c2cccs2)c1C(=O)O)c1ccc(Br)cc1. The quantitative estimate of drug-likeness (QED) is 0.625. The van der Waals surface area contributed by atoms with Crippen LogP contribution in [0.25, 0.3) is 10.4 Å². The average molecular weight is 408 g/mol. The number of aromatic carboxylic acids is 1. The molecule has 0 unspecified atom stereocenters. The molecule has 7 heteroatoms. The molecule has 0 aliphatic heterocycles. The molecule has 0 bridgehead atoms. The third-order valence-corrected chi connectivity index (χ3v) is 5.45. The molecule has 0 saturated carbocycles. The third-order valence-electron chi connectivity index (χ3n) is 3.12. The van der Waals surface area contributed by atoms with Gasteiger partial charge in [0.25, 0.3) is 5.91 Å². The molecule has 0 aliphatic rings. The maximum Gasteiger partial charge on any atom is 0.339 e. The number of amides is 1. The van der Waals surface area contributed by atoms with Gasteiger partial charge in [-0.3, -0.25) is 4.79 Å². The van der Waals surface area contributed by atoms with Crippen molar-refractivity contribution in [3.05, 3.63) is 62.8 Å². The van der Waals surface area contributed by atoms with E-state index in [9.17, 15) is 14.7 Å². The van der Waals surface area contributed by atoms with Gasteiger partial charge in [-0.2, -0.15) is 0 Å². The van der Waals surface area contributed by atoms with E-state index in [0.717, 1.165) is 9.35 Å². The second kappa shape index (κ2) is 6.66. The topological polar surface area (TPSA) is 66.4 Å². The number of carboxylic acids is 1. The highest BCUT2D eigenvalue weighted by Gasteiger charge is 2.21. The fourth-order valence-electron chi connectivity index (χ4n) is 2.05. The molecule has 0 radical (unpaired) electrons. The van der Waals surface area contributed by atoms with Crippen LogP contribution < -0.4 is 5.32 Å². The van der Waals surface area contributed by atoms with Crippen molar-refractivity contribution >= 4 is 55.5 Å². The summed E-state index contributed by atoms with van der Waals surface area (Å²) in [5.41, 5.74) is 1.22. The number of carboxylic acid groups (broad SMARTS) is 1. The summed E-state index contributed by atoms with van der Waals surface area (Å²) in [5, 5.41) is 16.2. The molecule has 0 spiro atoms. The van der Waals surface area contributed by atoms with Gasteiger partial charge in [0.1, 0.15) is 10.6 Å². The highest BCUT2D eigenvalue weighted by molar-refractivity contribution is 9.10. The van der Waals surface area contributed by atoms with Crippen LogP contribution in [-0.2, 0) is 0 Å². The van der Waals surface area contributed by atoms with Gasteiger partial charge in [-0.15, -0.1) is 22.7 Å². The first-order valence-corrected chi connectivity index (χ1v) is 9.07. The van der Waals surface area contributed by atoms with E-state index in [0.29, 0.717) is 16.1 Å². The van der Waals surface area contributed by atoms with Crippen LogP contribution in [0.2, 0.25) is 0 Å². The number of nitrogens with one attached hydrogen (secondary N) is 1. The Morgan fingerprint density at radius 3 is 2.43 bits per heavy atom. The van der Waals surface area contributed by atoms with Crippen molar-refractivity contribution in [3.63, 3.8) is 0 Å². The Hall–Kier alpha value is -1.96. The van der Waals surface area contributed by atoms with Gasteiger partial charge >= 0.3 is 5.97 Å². The Bertz CT molecular complexity index is 854. The molecule has 0 aliphatic carbocycles. The maximum absolute atomic E-state index is 12.3. The van der Waals surface area contributed by atoms with Crippen molar-refractivity contribution in [3.8, 4) is 10.4 Å². The molecule has 23 heavy (non-hydrogen) atoms. The van der Waals surface area contributed by atoms with Gasteiger partial charge in [0, 0.05) is 25.9 Å². The molecule has 0 fully saturated rings. The van der Waals surface area contributed by atoms with Gasteiger partial charge in [0.2, 0.25) is 0 Å². The zero-order valence-corrected chi connectivity index (χ0v) is 14.8. The van der Waals surface area contributed by atoms with E-state index in [4.69, 9.17) is 0 Å². The number of hydrogen-bond acceptors (Lipinski definition) is 4. The fourth-order valence-corrected chi connectivity index (χ4v) is 4.09. The minimum absolute atomic E-state index is 0.128. The number of hydrogen-bond donors (Lipinski definition) is 2. The van der Waals surface area contributed by atoms with Gasteiger partial charge in [0.05, 0.1) is 0 Å². The molecule has 116 valence electrons. The van der Waals surface area contributed by atoms with Crippen molar-refractivity contribution in [2.75, 3.05) is 5.32 Å². The summed E-state index contributed by atoms with van der Waals surface area (Å²) < 4.78 is 0.872. The molecule has 0 saturated heterocycles. The minimum atomic E-state index is -1.05. The van der Waals surface area contributed by atoms with Crippen LogP contribution >= 0.6 is 38.6 Å². The summed E-state index contributed by atoms with van der Waals surface area (Å²) >= 11 is 5.99. The first-order chi connectivity index (χ1) is 11.1. The van der Waals surface area contributed by atoms with Gasteiger partial charge in [-0.05, 0) is 35.7 Å². The van der Waals surface area contributed by atoms with Crippen LogP contribution in [0.15, 0.2) is 51.6 Å². The molecule has 3 rings (SSSR count). The van der Waals surface area contributed by atoms with Crippen LogP contribution in [0.1, 0.15) is 20.7 Å². The summed E-state index contributed by atoms with van der Waals surface area (Å²) in [4.78, 5) is 24.8. The summed E-state index contributed by atoms with van der Waals surface area (Å²) in [6.07, 6.45) is 0. The third kappa shape index (κ3) is 3.36. The van der Waals surface area contributed by atoms with Crippen molar-refractivity contribution in [2.24, 2.45) is 0 Å². The number of halogens is 1. The van der Waals surface area contributed by atoms with E-state index in [2.05, 4.69) is 21.2 Å². The van der Waals surface area contributed by atoms with Crippen LogP contribution in [0.3, 0.4) is 0 Å². The monoisotopic (exact) mass is 407 g/mol. The molecule has 3 aromatic rings. The highest BCUT2D eigenvalue weighted by atomic mass is 79.9. The molecule has 1 amide bonds. The number of anilines is 1. The molecule has 4 nitrogen and oxygen atoms in total. The number of thiophene rings is 2. The smallest absolute Gasteiger partial charge is 0.339 e. The maximum atomic E-state index is 12.3.